The third-order valence-electron chi connectivity index (χ3n) is 3.54. The van der Waals surface area contributed by atoms with Crippen molar-refractivity contribution < 1.29 is 9.47 Å². The van der Waals surface area contributed by atoms with E-state index in [1.807, 2.05) is 13.0 Å². The number of rotatable bonds is 7. The molecular weight excluding hydrogens is 256 g/mol. The van der Waals surface area contributed by atoms with E-state index in [-0.39, 0.29) is 0 Å². The number of methoxy groups -OCH3 is 2. The molecule has 6 heteroatoms. The van der Waals surface area contributed by atoms with Crippen LogP contribution in [0.1, 0.15) is 18.7 Å². The average Bonchev–Trinajstić information content (AvgIpc) is 2.91. The minimum atomic E-state index is 0.478. The van der Waals surface area contributed by atoms with Gasteiger partial charge in [0.15, 0.2) is 0 Å². The molecule has 0 amide bonds. The van der Waals surface area contributed by atoms with E-state index in [9.17, 15) is 0 Å². The van der Waals surface area contributed by atoms with Gasteiger partial charge in [-0.2, -0.15) is 4.98 Å². The van der Waals surface area contributed by atoms with Crippen LogP contribution in [0.25, 0.3) is 0 Å². The van der Waals surface area contributed by atoms with Gasteiger partial charge in [0.05, 0.1) is 13.7 Å². The molecule has 1 N–H and O–H groups in total. The smallest absolute Gasteiger partial charge is 0.218 e. The zero-order valence-electron chi connectivity index (χ0n) is 12.6. The summed E-state index contributed by atoms with van der Waals surface area (Å²) in [6.07, 6.45) is 2.38. The van der Waals surface area contributed by atoms with E-state index in [2.05, 4.69) is 20.2 Å². The van der Waals surface area contributed by atoms with Gasteiger partial charge in [0.2, 0.25) is 5.88 Å². The predicted octanol–water partition coefficient (Wildman–Crippen LogP) is 0.998. The minimum Gasteiger partial charge on any atom is -0.481 e. The Labute approximate surface area is 120 Å². The molecule has 1 aromatic heterocycles. The van der Waals surface area contributed by atoms with Gasteiger partial charge in [0.1, 0.15) is 11.6 Å². The summed E-state index contributed by atoms with van der Waals surface area (Å²) in [6, 6.07) is 2.39. The molecule has 0 aliphatic carbocycles. The second-order valence-corrected chi connectivity index (χ2v) is 5.00. The lowest BCUT2D eigenvalue weighted by atomic mass is 10.2. The van der Waals surface area contributed by atoms with E-state index in [0.29, 0.717) is 11.9 Å². The molecule has 1 aliphatic rings. The number of ether oxygens (including phenoxy) is 2. The van der Waals surface area contributed by atoms with Gasteiger partial charge in [0.25, 0.3) is 0 Å². The Hall–Kier alpha value is -1.40. The topological polar surface area (TPSA) is 59.5 Å². The number of anilines is 1. The van der Waals surface area contributed by atoms with Crippen LogP contribution in [-0.2, 0) is 4.74 Å². The highest BCUT2D eigenvalue weighted by Crippen LogP contribution is 2.25. The first-order valence-corrected chi connectivity index (χ1v) is 7.10. The molecule has 1 unspecified atom stereocenters. The van der Waals surface area contributed by atoms with Crippen molar-refractivity contribution in [3.8, 4) is 5.88 Å². The van der Waals surface area contributed by atoms with Crippen LogP contribution in [0.5, 0.6) is 5.88 Å². The molecule has 112 valence electrons. The molecule has 1 saturated heterocycles. The molecular formula is C14H24N4O2. The number of hydrogen-bond acceptors (Lipinski definition) is 6. The predicted molar refractivity (Wildman–Crippen MR) is 78.4 cm³/mol. The van der Waals surface area contributed by atoms with Crippen LogP contribution in [0.4, 0.5) is 5.82 Å². The van der Waals surface area contributed by atoms with E-state index < -0.39 is 0 Å². The molecule has 20 heavy (non-hydrogen) atoms. The molecule has 2 heterocycles. The molecule has 0 radical (unpaired) electrons. The van der Waals surface area contributed by atoms with Gasteiger partial charge in [-0.05, 0) is 19.8 Å². The van der Waals surface area contributed by atoms with Gasteiger partial charge in [-0.1, -0.05) is 0 Å². The summed E-state index contributed by atoms with van der Waals surface area (Å²) >= 11 is 0. The summed E-state index contributed by atoms with van der Waals surface area (Å²) in [5, 5.41) is 3.43. The second kappa shape index (κ2) is 7.40. The first kappa shape index (κ1) is 15.0. The molecule has 2 rings (SSSR count). The average molecular weight is 280 g/mol. The van der Waals surface area contributed by atoms with Gasteiger partial charge >= 0.3 is 0 Å². The number of hydrogen-bond donors (Lipinski definition) is 1. The fourth-order valence-corrected chi connectivity index (χ4v) is 2.57. The largest absolute Gasteiger partial charge is 0.481 e. The zero-order chi connectivity index (χ0) is 14.4. The fraction of sp³-hybridized carbons (Fsp3) is 0.714. The Morgan fingerprint density at radius 2 is 2.25 bits per heavy atom. The number of nitrogens with zero attached hydrogens (tertiary/aromatic N) is 3. The molecule has 0 saturated carbocycles. The Kier molecular flexibility index (Phi) is 5.55. The molecule has 6 nitrogen and oxygen atoms in total. The molecule has 0 bridgehead atoms. The van der Waals surface area contributed by atoms with Crippen LogP contribution >= 0.6 is 0 Å². The summed E-state index contributed by atoms with van der Waals surface area (Å²) in [6.45, 7) is 5.51. The molecule has 1 fully saturated rings. The lowest BCUT2D eigenvalue weighted by molar-refractivity contribution is 0.199. The van der Waals surface area contributed by atoms with Crippen LogP contribution < -0.4 is 15.0 Å². The maximum absolute atomic E-state index is 5.23. The molecule has 0 aromatic carbocycles. The molecule has 1 aromatic rings. The first-order valence-electron chi connectivity index (χ1n) is 7.10. The van der Waals surface area contributed by atoms with E-state index in [4.69, 9.17) is 9.47 Å². The van der Waals surface area contributed by atoms with Crippen LogP contribution in [0.15, 0.2) is 6.07 Å². The quantitative estimate of drug-likeness (QED) is 0.752. The lowest BCUT2D eigenvalue weighted by Gasteiger charge is -2.26. The summed E-state index contributed by atoms with van der Waals surface area (Å²) in [7, 11) is 3.36. The molecule has 1 aliphatic heterocycles. The zero-order valence-corrected chi connectivity index (χ0v) is 12.6. The summed E-state index contributed by atoms with van der Waals surface area (Å²) in [4.78, 5) is 11.1. The summed E-state index contributed by atoms with van der Waals surface area (Å²) in [5.41, 5.74) is 0. The minimum absolute atomic E-state index is 0.478. The third kappa shape index (κ3) is 3.80. The van der Waals surface area contributed by atoms with Crippen molar-refractivity contribution in [2.45, 2.75) is 25.8 Å². The summed E-state index contributed by atoms with van der Waals surface area (Å²) in [5.74, 6) is 2.34. The van der Waals surface area contributed by atoms with Crippen molar-refractivity contribution in [3.05, 3.63) is 11.9 Å². The second-order valence-electron chi connectivity index (χ2n) is 5.00. The first-order chi connectivity index (χ1) is 9.74. The Balaban J connectivity index is 2.00. The number of aromatic nitrogens is 2. The normalized spacial score (nSPS) is 18.6. The number of nitrogens with one attached hydrogen (secondary N) is 1. The van der Waals surface area contributed by atoms with Crippen LogP contribution in [0.3, 0.4) is 0 Å². The van der Waals surface area contributed by atoms with Crippen LogP contribution in [-0.4, -0.2) is 56.5 Å². The molecule has 1 atom stereocenters. The fourth-order valence-electron chi connectivity index (χ4n) is 2.57. The van der Waals surface area contributed by atoms with Crippen molar-refractivity contribution in [1.29, 1.82) is 0 Å². The van der Waals surface area contributed by atoms with E-state index in [1.165, 1.54) is 12.8 Å². The van der Waals surface area contributed by atoms with Crippen LogP contribution in [0, 0.1) is 6.92 Å². The Bertz CT molecular complexity index is 428. The highest BCUT2D eigenvalue weighted by molar-refractivity contribution is 5.44. The third-order valence-corrected chi connectivity index (χ3v) is 3.54. The molecule has 0 spiro atoms. The van der Waals surface area contributed by atoms with Crippen molar-refractivity contribution in [2.24, 2.45) is 0 Å². The maximum atomic E-state index is 5.23. The van der Waals surface area contributed by atoms with E-state index >= 15 is 0 Å². The summed E-state index contributed by atoms with van der Waals surface area (Å²) < 4.78 is 10.3. The van der Waals surface area contributed by atoms with Gasteiger partial charge in [0, 0.05) is 38.9 Å². The van der Waals surface area contributed by atoms with E-state index in [1.54, 1.807) is 14.2 Å². The highest BCUT2D eigenvalue weighted by atomic mass is 16.5. The van der Waals surface area contributed by atoms with Gasteiger partial charge in [-0.25, -0.2) is 4.98 Å². The standard InChI is InChI=1S/C14H24N4O2/c1-11-16-13(9-14(17-11)20-3)18-7-4-5-12(18)10-15-6-8-19-2/h9,12,15H,4-8,10H2,1-3H3. The Morgan fingerprint density at radius 1 is 1.40 bits per heavy atom. The highest BCUT2D eigenvalue weighted by Gasteiger charge is 2.25. The van der Waals surface area contributed by atoms with Crippen molar-refractivity contribution in [2.75, 3.05) is 45.4 Å². The van der Waals surface area contributed by atoms with Crippen molar-refractivity contribution in [1.82, 2.24) is 15.3 Å². The van der Waals surface area contributed by atoms with Crippen molar-refractivity contribution >= 4 is 5.82 Å². The van der Waals surface area contributed by atoms with Crippen molar-refractivity contribution in [3.63, 3.8) is 0 Å². The lowest BCUT2D eigenvalue weighted by Crippen LogP contribution is -2.39. The monoisotopic (exact) mass is 280 g/mol. The Morgan fingerprint density at radius 3 is 3.00 bits per heavy atom. The van der Waals surface area contributed by atoms with E-state index in [0.717, 1.165) is 37.9 Å². The van der Waals surface area contributed by atoms with Crippen LogP contribution in [0.2, 0.25) is 0 Å². The van der Waals surface area contributed by atoms with Gasteiger partial charge < -0.3 is 19.7 Å². The maximum Gasteiger partial charge on any atom is 0.218 e. The van der Waals surface area contributed by atoms with Gasteiger partial charge in [-0.15, -0.1) is 0 Å². The van der Waals surface area contributed by atoms with Gasteiger partial charge in [-0.3, -0.25) is 0 Å². The SMILES string of the molecule is COCCNCC1CCCN1c1cc(OC)nc(C)n1. The number of aryl methyl sites for hydroxylation is 1.